The van der Waals surface area contributed by atoms with Gasteiger partial charge in [-0.2, -0.15) is 0 Å². The van der Waals surface area contributed by atoms with E-state index < -0.39 is 29.3 Å². The van der Waals surface area contributed by atoms with Crippen molar-refractivity contribution in [2.24, 2.45) is 0 Å². The van der Waals surface area contributed by atoms with Gasteiger partial charge in [-0.05, 0) is 54.4 Å². The molecule has 1 atom stereocenters. The highest BCUT2D eigenvalue weighted by Gasteiger charge is 2.48. The molecule has 1 amide bonds. The van der Waals surface area contributed by atoms with Crippen LogP contribution in [0, 0.1) is 12.7 Å². The van der Waals surface area contributed by atoms with E-state index in [-0.39, 0.29) is 17.0 Å². The van der Waals surface area contributed by atoms with Crippen LogP contribution in [-0.4, -0.2) is 29.1 Å². The fourth-order valence-corrected chi connectivity index (χ4v) is 4.32. The standard InChI is InChI=1S/C29H23FN2O6/c1-17-14-24(31-38-17)32-26(25(28(34)29(32)35)27(33)19-8-11-21(30)12-9-19)20-10-13-22(23(15-20)36-2)37-16-18-6-4-3-5-7-18/h3-15,26,33H,16H2,1-2H3/b27-25+. The van der Waals surface area contributed by atoms with Gasteiger partial charge in [0, 0.05) is 11.6 Å². The lowest BCUT2D eigenvalue weighted by Gasteiger charge is -2.23. The number of ether oxygens (including phenoxy) is 2. The smallest absolute Gasteiger partial charge is 0.301 e. The van der Waals surface area contributed by atoms with Crippen LogP contribution in [-0.2, 0) is 16.2 Å². The number of rotatable bonds is 7. The highest BCUT2D eigenvalue weighted by atomic mass is 19.1. The number of Topliss-reactive ketones (excluding diaryl/α,β-unsaturated/α-hetero) is 1. The zero-order chi connectivity index (χ0) is 26.8. The first-order chi connectivity index (χ1) is 18.4. The third-order valence-corrected chi connectivity index (χ3v) is 6.17. The molecule has 1 fully saturated rings. The zero-order valence-corrected chi connectivity index (χ0v) is 20.6. The highest BCUT2D eigenvalue weighted by molar-refractivity contribution is 6.51. The van der Waals surface area contributed by atoms with E-state index in [0.717, 1.165) is 22.6 Å². The topological polar surface area (TPSA) is 102 Å². The van der Waals surface area contributed by atoms with Crippen LogP contribution < -0.4 is 14.4 Å². The lowest BCUT2D eigenvalue weighted by Crippen LogP contribution is -2.29. The molecule has 0 saturated carbocycles. The Balaban J connectivity index is 1.60. The zero-order valence-electron chi connectivity index (χ0n) is 20.6. The number of carbonyl (C=O) groups is 2. The second-order valence-corrected chi connectivity index (χ2v) is 8.66. The third-order valence-electron chi connectivity index (χ3n) is 6.17. The van der Waals surface area contributed by atoms with E-state index in [1.807, 2.05) is 30.3 Å². The van der Waals surface area contributed by atoms with Crippen molar-refractivity contribution < 1.29 is 33.1 Å². The van der Waals surface area contributed by atoms with Crippen LogP contribution in [0.3, 0.4) is 0 Å². The van der Waals surface area contributed by atoms with E-state index in [4.69, 9.17) is 14.0 Å². The van der Waals surface area contributed by atoms with Crippen LogP contribution in [0.4, 0.5) is 10.2 Å². The molecular formula is C29H23FN2O6. The van der Waals surface area contributed by atoms with Crippen LogP contribution in [0.15, 0.2) is 89.0 Å². The lowest BCUT2D eigenvalue weighted by molar-refractivity contribution is -0.132. The third kappa shape index (κ3) is 4.61. The van der Waals surface area contributed by atoms with E-state index in [1.165, 1.54) is 25.3 Å². The van der Waals surface area contributed by atoms with Gasteiger partial charge >= 0.3 is 5.91 Å². The van der Waals surface area contributed by atoms with Gasteiger partial charge in [0.1, 0.15) is 23.9 Å². The molecule has 5 rings (SSSR count). The number of benzene rings is 3. The fourth-order valence-electron chi connectivity index (χ4n) is 4.32. The Morgan fingerprint density at radius 3 is 2.42 bits per heavy atom. The minimum Gasteiger partial charge on any atom is -0.507 e. The summed E-state index contributed by atoms with van der Waals surface area (Å²) >= 11 is 0. The molecule has 1 saturated heterocycles. The van der Waals surface area contributed by atoms with Crippen LogP contribution in [0.2, 0.25) is 0 Å². The van der Waals surface area contributed by atoms with E-state index in [2.05, 4.69) is 5.16 Å². The maximum absolute atomic E-state index is 13.5. The number of methoxy groups -OCH3 is 1. The van der Waals surface area contributed by atoms with Gasteiger partial charge in [0.05, 0.1) is 18.7 Å². The second-order valence-electron chi connectivity index (χ2n) is 8.66. The molecule has 8 nitrogen and oxygen atoms in total. The number of halogens is 1. The maximum Gasteiger partial charge on any atom is 0.301 e. The van der Waals surface area contributed by atoms with Crippen molar-refractivity contribution in [1.82, 2.24) is 5.16 Å². The summed E-state index contributed by atoms with van der Waals surface area (Å²) in [5.41, 5.74) is 1.42. The molecule has 0 radical (unpaired) electrons. The molecule has 1 aliphatic heterocycles. The molecule has 0 bridgehead atoms. The molecule has 1 N–H and O–H groups in total. The maximum atomic E-state index is 13.5. The van der Waals surface area contributed by atoms with Gasteiger partial charge in [0.2, 0.25) is 0 Å². The molecule has 1 aromatic heterocycles. The molecule has 3 aromatic carbocycles. The highest BCUT2D eigenvalue weighted by Crippen LogP contribution is 2.44. The SMILES string of the molecule is COc1cc(C2/C(=C(\O)c3ccc(F)cc3)C(=O)C(=O)N2c2cc(C)on2)ccc1OCc1ccccc1. The van der Waals surface area contributed by atoms with Crippen molar-refractivity contribution in [2.75, 3.05) is 12.0 Å². The Morgan fingerprint density at radius 1 is 1.03 bits per heavy atom. The molecule has 2 heterocycles. The van der Waals surface area contributed by atoms with E-state index in [9.17, 15) is 19.1 Å². The minimum atomic E-state index is -1.07. The first-order valence-corrected chi connectivity index (χ1v) is 11.7. The largest absolute Gasteiger partial charge is 0.507 e. The number of hydrogen-bond acceptors (Lipinski definition) is 7. The Kier molecular flexibility index (Phi) is 6.66. The van der Waals surface area contributed by atoms with Crippen molar-refractivity contribution in [2.45, 2.75) is 19.6 Å². The number of aryl methyl sites for hydroxylation is 1. The number of amides is 1. The minimum absolute atomic E-state index is 0.108. The van der Waals surface area contributed by atoms with Crippen LogP contribution >= 0.6 is 0 Å². The number of aliphatic hydroxyl groups is 1. The average Bonchev–Trinajstić information content (AvgIpc) is 3.48. The van der Waals surface area contributed by atoms with Gasteiger partial charge in [-0.25, -0.2) is 4.39 Å². The summed E-state index contributed by atoms with van der Waals surface area (Å²) in [6.45, 7) is 1.96. The van der Waals surface area contributed by atoms with Gasteiger partial charge in [-0.3, -0.25) is 14.5 Å². The predicted octanol–water partition coefficient (Wildman–Crippen LogP) is 5.34. The second kappa shape index (κ2) is 10.2. The Hall–Kier alpha value is -4.92. The van der Waals surface area contributed by atoms with Crippen molar-refractivity contribution in [3.05, 3.63) is 113 Å². The van der Waals surface area contributed by atoms with Crippen molar-refractivity contribution >= 4 is 23.3 Å². The average molecular weight is 515 g/mol. The lowest BCUT2D eigenvalue weighted by atomic mass is 9.95. The number of carbonyl (C=O) groups excluding carboxylic acids is 2. The summed E-state index contributed by atoms with van der Waals surface area (Å²) in [6, 6.07) is 20.0. The molecule has 1 unspecified atom stereocenters. The van der Waals surface area contributed by atoms with Crippen molar-refractivity contribution in [1.29, 1.82) is 0 Å². The van der Waals surface area contributed by atoms with Gasteiger partial charge in [0.25, 0.3) is 5.78 Å². The number of nitrogens with zero attached hydrogens (tertiary/aromatic N) is 2. The molecule has 38 heavy (non-hydrogen) atoms. The number of anilines is 1. The molecule has 192 valence electrons. The Labute approximate surface area is 217 Å². The molecular weight excluding hydrogens is 491 g/mol. The van der Waals surface area contributed by atoms with Crippen molar-refractivity contribution in [3.8, 4) is 11.5 Å². The van der Waals surface area contributed by atoms with Crippen LogP contribution in [0.25, 0.3) is 5.76 Å². The number of aromatic nitrogens is 1. The summed E-state index contributed by atoms with van der Waals surface area (Å²) in [7, 11) is 1.48. The summed E-state index contributed by atoms with van der Waals surface area (Å²) in [5, 5.41) is 15.1. The quantitative estimate of drug-likeness (QED) is 0.202. The summed E-state index contributed by atoms with van der Waals surface area (Å²) < 4.78 is 30.2. The van der Waals surface area contributed by atoms with Crippen LogP contribution in [0.5, 0.6) is 11.5 Å². The number of hydrogen-bond donors (Lipinski definition) is 1. The van der Waals surface area contributed by atoms with Gasteiger partial charge in [-0.15, -0.1) is 0 Å². The fraction of sp³-hybridized carbons (Fsp3) is 0.138. The molecule has 0 spiro atoms. The van der Waals surface area contributed by atoms with E-state index in [1.54, 1.807) is 25.1 Å². The summed E-state index contributed by atoms with van der Waals surface area (Å²) in [4.78, 5) is 27.6. The van der Waals surface area contributed by atoms with E-state index in [0.29, 0.717) is 29.4 Å². The first kappa shape index (κ1) is 24.8. The van der Waals surface area contributed by atoms with Crippen molar-refractivity contribution in [3.63, 3.8) is 0 Å². The Morgan fingerprint density at radius 2 is 1.76 bits per heavy atom. The monoisotopic (exact) mass is 514 g/mol. The molecule has 0 aliphatic carbocycles. The van der Waals surface area contributed by atoms with Gasteiger partial charge < -0.3 is 19.1 Å². The number of aliphatic hydroxyl groups excluding tert-OH is 1. The Bertz CT molecular complexity index is 1530. The van der Waals surface area contributed by atoms with Gasteiger partial charge in [0.15, 0.2) is 17.3 Å². The summed E-state index contributed by atoms with van der Waals surface area (Å²) in [6.07, 6.45) is 0. The first-order valence-electron chi connectivity index (χ1n) is 11.7. The molecule has 9 heteroatoms. The van der Waals surface area contributed by atoms with Crippen LogP contribution in [0.1, 0.15) is 28.5 Å². The van der Waals surface area contributed by atoms with Gasteiger partial charge in [-0.1, -0.05) is 41.6 Å². The predicted molar refractivity (Wildman–Crippen MR) is 136 cm³/mol. The molecule has 1 aliphatic rings. The normalized spacial score (nSPS) is 16.6. The number of ketones is 1. The summed E-state index contributed by atoms with van der Waals surface area (Å²) in [5.74, 6) is -1.41. The van der Waals surface area contributed by atoms with E-state index >= 15 is 0 Å². The molecule has 4 aromatic rings.